The molecule has 24 heavy (non-hydrogen) atoms. The fourth-order valence-corrected chi connectivity index (χ4v) is 2.57. The average molecular weight is 342 g/mol. The highest BCUT2D eigenvalue weighted by Crippen LogP contribution is 2.18. The molecule has 3 aromatic rings. The van der Waals surface area contributed by atoms with Crippen LogP contribution in [-0.2, 0) is 13.0 Å². The van der Waals surface area contributed by atoms with E-state index >= 15 is 0 Å². The number of nitrogens with zero attached hydrogens (tertiary/aromatic N) is 2. The van der Waals surface area contributed by atoms with Crippen LogP contribution in [0.15, 0.2) is 53.1 Å². The van der Waals surface area contributed by atoms with E-state index in [0.29, 0.717) is 18.3 Å². The first-order valence-corrected chi connectivity index (χ1v) is 8.44. The van der Waals surface area contributed by atoms with Crippen molar-refractivity contribution in [2.24, 2.45) is 0 Å². The van der Waals surface area contributed by atoms with Crippen LogP contribution in [0.4, 0.5) is 0 Å². The Hall–Kier alpha value is -2.17. The standard InChI is InChI=1S/C19H20ClN3O/c1-3-14-4-6-16(7-5-14)19-22-18(24-23-19)12-21-13(2)15-8-10-17(20)11-9-15/h4-11,13,21H,3,12H2,1-2H3/t13-/m1/s1. The van der Waals surface area contributed by atoms with Crippen LogP contribution in [0.3, 0.4) is 0 Å². The van der Waals surface area contributed by atoms with Gasteiger partial charge in [-0.1, -0.05) is 60.1 Å². The summed E-state index contributed by atoms with van der Waals surface area (Å²) in [6.45, 7) is 4.74. The molecule has 1 atom stereocenters. The van der Waals surface area contributed by atoms with Crippen molar-refractivity contribution in [3.05, 3.63) is 70.6 Å². The summed E-state index contributed by atoms with van der Waals surface area (Å²) in [5.74, 6) is 1.19. The number of aryl methyl sites for hydroxylation is 1. The number of benzene rings is 2. The van der Waals surface area contributed by atoms with Crippen molar-refractivity contribution >= 4 is 11.6 Å². The molecule has 4 nitrogen and oxygen atoms in total. The fourth-order valence-electron chi connectivity index (χ4n) is 2.44. The second-order valence-electron chi connectivity index (χ2n) is 5.72. The van der Waals surface area contributed by atoms with Gasteiger partial charge in [0.05, 0.1) is 6.54 Å². The summed E-state index contributed by atoms with van der Waals surface area (Å²) in [5, 5.41) is 8.18. The van der Waals surface area contributed by atoms with Gasteiger partial charge in [-0.05, 0) is 36.6 Å². The van der Waals surface area contributed by atoms with Crippen molar-refractivity contribution in [1.29, 1.82) is 0 Å². The van der Waals surface area contributed by atoms with Gasteiger partial charge >= 0.3 is 0 Å². The van der Waals surface area contributed by atoms with Crippen LogP contribution < -0.4 is 5.32 Å². The Labute approximate surface area is 146 Å². The zero-order valence-electron chi connectivity index (χ0n) is 13.8. The summed E-state index contributed by atoms with van der Waals surface area (Å²) in [4.78, 5) is 4.45. The van der Waals surface area contributed by atoms with E-state index in [1.807, 2.05) is 36.4 Å². The molecule has 0 fully saturated rings. The zero-order valence-corrected chi connectivity index (χ0v) is 14.5. The van der Waals surface area contributed by atoms with Crippen LogP contribution in [0, 0.1) is 0 Å². The van der Waals surface area contributed by atoms with E-state index < -0.39 is 0 Å². The third-order valence-corrected chi connectivity index (χ3v) is 4.27. The molecule has 124 valence electrons. The van der Waals surface area contributed by atoms with Crippen LogP contribution >= 0.6 is 11.6 Å². The molecule has 1 aromatic heterocycles. The third-order valence-electron chi connectivity index (χ3n) is 4.02. The molecule has 1 heterocycles. The van der Waals surface area contributed by atoms with Gasteiger partial charge in [0.25, 0.3) is 0 Å². The Kier molecular flexibility index (Phi) is 5.28. The van der Waals surface area contributed by atoms with E-state index in [-0.39, 0.29) is 6.04 Å². The normalized spacial score (nSPS) is 12.3. The van der Waals surface area contributed by atoms with Crippen molar-refractivity contribution < 1.29 is 4.52 Å². The van der Waals surface area contributed by atoms with Crippen LogP contribution in [-0.4, -0.2) is 10.1 Å². The van der Waals surface area contributed by atoms with Gasteiger partial charge in [-0.15, -0.1) is 0 Å². The number of aromatic nitrogens is 2. The quantitative estimate of drug-likeness (QED) is 0.699. The first-order chi connectivity index (χ1) is 11.7. The van der Waals surface area contributed by atoms with Crippen LogP contribution in [0.1, 0.15) is 36.9 Å². The van der Waals surface area contributed by atoms with Crippen LogP contribution in [0.2, 0.25) is 5.02 Å². The predicted octanol–water partition coefficient (Wildman–Crippen LogP) is 4.80. The maximum atomic E-state index is 5.92. The Bertz CT molecular complexity index is 781. The van der Waals surface area contributed by atoms with Gasteiger partial charge in [-0.3, -0.25) is 0 Å². The first-order valence-electron chi connectivity index (χ1n) is 8.06. The summed E-state index contributed by atoms with van der Waals surface area (Å²) >= 11 is 5.92. The molecule has 5 heteroatoms. The van der Waals surface area contributed by atoms with Crippen molar-refractivity contribution in [3.8, 4) is 11.4 Å². The largest absolute Gasteiger partial charge is 0.338 e. The van der Waals surface area contributed by atoms with Gasteiger partial charge in [0, 0.05) is 16.6 Å². The molecule has 0 radical (unpaired) electrons. The highest BCUT2D eigenvalue weighted by molar-refractivity contribution is 6.30. The number of nitrogens with one attached hydrogen (secondary N) is 1. The van der Waals surface area contributed by atoms with Crippen molar-refractivity contribution in [3.63, 3.8) is 0 Å². The fraction of sp³-hybridized carbons (Fsp3) is 0.263. The molecule has 0 amide bonds. The smallest absolute Gasteiger partial charge is 0.240 e. The van der Waals surface area contributed by atoms with E-state index in [1.165, 1.54) is 5.56 Å². The Balaban J connectivity index is 1.62. The predicted molar refractivity (Wildman–Crippen MR) is 95.8 cm³/mol. The average Bonchev–Trinajstić information content (AvgIpc) is 3.09. The third kappa shape index (κ3) is 4.02. The highest BCUT2D eigenvalue weighted by atomic mass is 35.5. The molecule has 3 rings (SSSR count). The molecule has 0 spiro atoms. The van der Waals surface area contributed by atoms with Crippen molar-refractivity contribution in [2.75, 3.05) is 0 Å². The van der Waals surface area contributed by atoms with E-state index in [1.54, 1.807) is 0 Å². The maximum Gasteiger partial charge on any atom is 0.240 e. The second-order valence-corrected chi connectivity index (χ2v) is 6.15. The van der Waals surface area contributed by atoms with Gasteiger partial charge < -0.3 is 9.84 Å². The molecular weight excluding hydrogens is 322 g/mol. The molecule has 0 aliphatic carbocycles. The monoisotopic (exact) mass is 341 g/mol. The van der Waals surface area contributed by atoms with Crippen molar-refractivity contribution in [2.45, 2.75) is 32.9 Å². The molecule has 0 unspecified atom stereocenters. The highest BCUT2D eigenvalue weighted by Gasteiger charge is 2.11. The minimum atomic E-state index is 0.168. The van der Waals surface area contributed by atoms with Crippen LogP contribution in [0.25, 0.3) is 11.4 Å². The van der Waals surface area contributed by atoms with E-state index in [9.17, 15) is 0 Å². The molecule has 0 bridgehead atoms. The minimum Gasteiger partial charge on any atom is -0.338 e. The lowest BCUT2D eigenvalue weighted by atomic mass is 10.1. The number of halogens is 1. The summed E-state index contributed by atoms with van der Waals surface area (Å²) in [6.07, 6.45) is 1.02. The molecule has 0 saturated heterocycles. The molecule has 0 aliphatic rings. The van der Waals surface area contributed by atoms with Gasteiger partial charge in [0.1, 0.15) is 0 Å². The van der Waals surface area contributed by atoms with Crippen molar-refractivity contribution in [1.82, 2.24) is 15.5 Å². The van der Waals surface area contributed by atoms with Gasteiger partial charge in [0.2, 0.25) is 11.7 Å². The van der Waals surface area contributed by atoms with E-state index in [2.05, 4.69) is 41.4 Å². The lowest BCUT2D eigenvalue weighted by Gasteiger charge is -2.12. The number of rotatable bonds is 6. The number of hydrogen-bond donors (Lipinski definition) is 1. The lowest BCUT2D eigenvalue weighted by molar-refractivity contribution is 0.360. The minimum absolute atomic E-state index is 0.168. The van der Waals surface area contributed by atoms with E-state index in [0.717, 1.165) is 22.6 Å². The zero-order chi connectivity index (χ0) is 16.9. The Morgan fingerprint density at radius 2 is 1.79 bits per heavy atom. The Morgan fingerprint density at radius 3 is 2.46 bits per heavy atom. The molecule has 0 aliphatic heterocycles. The topological polar surface area (TPSA) is 51.0 Å². The van der Waals surface area contributed by atoms with Gasteiger partial charge in [0.15, 0.2) is 0 Å². The first kappa shape index (κ1) is 16.7. The SMILES string of the molecule is CCc1ccc(-c2noc(CN[C@H](C)c3ccc(Cl)cc3)n2)cc1. The van der Waals surface area contributed by atoms with Gasteiger partial charge in [-0.2, -0.15) is 4.98 Å². The number of hydrogen-bond acceptors (Lipinski definition) is 4. The summed E-state index contributed by atoms with van der Waals surface area (Å²) in [7, 11) is 0. The molecule has 1 N–H and O–H groups in total. The summed E-state index contributed by atoms with van der Waals surface area (Å²) in [5.41, 5.74) is 3.42. The van der Waals surface area contributed by atoms with Crippen LogP contribution in [0.5, 0.6) is 0 Å². The molecule has 0 saturated carbocycles. The Morgan fingerprint density at radius 1 is 1.08 bits per heavy atom. The maximum absolute atomic E-state index is 5.92. The summed E-state index contributed by atoms with van der Waals surface area (Å²) in [6, 6.07) is 16.2. The summed E-state index contributed by atoms with van der Waals surface area (Å²) < 4.78 is 5.34. The van der Waals surface area contributed by atoms with E-state index in [4.69, 9.17) is 16.1 Å². The molecule has 2 aromatic carbocycles. The molecular formula is C19H20ClN3O. The second kappa shape index (κ2) is 7.60. The lowest BCUT2D eigenvalue weighted by Crippen LogP contribution is -2.18. The van der Waals surface area contributed by atoms with Gasteiger partial charge in [-0.25, -0.2) is 0 Å².